The number of ether oxygens (including phenoxy) is 1. The van der Waals surface area contributed by atoms with Crippen LogP contribution >= 0.6 is 0 Å². The summed E-state index contributed by atoms with van der Waals surface area (Å²) in [5, 5.41) is 8.49. The zero-order valence-electron chi connectivity index (χ0n) is 12.4. The highest BCUT2D eigenvalue weighted by molar-refractivity contribution is 5.69. The van der Waals surface area contributed by atoms with E-state index in [1.54, 1.807) is 0 Å². The molecule has 0 radical (unpaired) electrons. The van der Waals surface area contributed by atoms with E-state index in [0.29, 0.717) is 6.42 Å². The van der Waals surface area contributed by atoms with Crippen LogP contribution in [-0.2, 0) is 9.53 Å². The molecule has 0 aromatic heterocycles. The Morgan fingerprint density at radius 2 is 1.63 bits per heavy atom. The number of esters is 1. The maximum absolute atomic E-state index is 11.1. The van der Waals surface area contributed by atoms with E-state index in [1.165, 1.54) is 44.9 Å². The molecule has 0 aliphatic carbocycles. The molecule has 1 N–H and O–H groups in total. The Hall–Kier alpha value is -0.830. The SMILES string of the molecule is CCCC/C=C/CCCCCCCC(=O)OCCO. The summed E-state index contributed by atoms with van der Waals surface area (Å²) in [7, 11) is 0. The minimum atomic E-state index is -0.187. The lowest BCUT2D eigenvalue weighted by Gasteiger charge is -2.02. The second-order valence-electron chi connectivity index (χ2n) is 4.86. The number of hydrogen-bond acceptors (Lipinski definition) is 3. The molecule has 112 valence electrons. The number of allylic oxidation sites excluding steroid dienone is 2. The van der Waals surface area contributed by atoms with E-state index in [2.05, 4.69) is 19.1 Å². The molecule has 0 atom stereocenters. The fraction of sp³-hybridized carbons (Fsp3) is 0.812. The zero-order chi connectivity index (χ0) is 14.2. The second kappa shape index (κ2) is 15.2. The van der Waals surface area contributed by atoms with Crippen molar-refractivity contribution in [3.8, 4) is 0 Å². The fourth-order valence-corrected chi connectivity index (χ4v) is 1.85. The Kier molecular flexibility index (Phi) is 14.6. The number of hydrogen-bond donors (Lipinski definition) is 1. The smallest absolute Gasteiger partial charge is 0.305 e. The van der Waals surface area contributed by atoms with E-state index in [0.717, 1.165) is 12.8 Å². The molecule has 0 saturated heterocycles. The molecule has 0 heterocycles. The first kappa shape index (κ1) is 18.2. The molecule has 0 aromatic rings. The van der Waals surface area contributed by atoms with Crippen molar-refractivity contribution >= 4 is 5.97 Å². The van der Waals surface area contributed by atoms with Crippen LogP contribution in [0.3, 0.4) is 0 Å². The van der Waals surface area contributed by atoms with Crippen molar-refractivity contribution < 1.29 is 14.6 Å². The Morgan fingerprint density at radius 1 is 1.00 bits per heavy atom. The van der Waals surface area contributed by atoms with Gasteiger partial charge in [0, 0.05) is 6.42 Å². The highest BCUT2D eigenvalue weighted by atomic mass is 16.5. The number of carbonyl (C=O) groups excluding carboxylic acids is 1. The van der Waals surface area contributed by atoms with Crippen molar-refractivity contribution in [2.75, 3.05) is 13.2 Å². The summed E-state index contributed by atoms with van der Waals surface area (Å²) < 4.78 is 4.78. The number of unbranched alkanes of at least 4 members (excludes halogenated alkanes) is 7. The molecular formula is C16H30O3. The first-order valence-electron chi connectivity index (χ1n) is 7.72. The predicted octanol–water partition coefficient (Wildman–Crippen LogP) is 4.00. The van der Waals surface area contributed by atoms with E-state index in [1.807, 2.05) is 0 Å². The summed E-state index contributed by atoms with van der Waals surface area (Å²) in [6.07, 6.45) is 15.7. The molecule has 0 amide bonds. The minimum absolute atomic E-state index is 0.0858. The fourth-order valence-electron chi connectivity index (χ4n) is 1.85. The van der Waals surface area contributed by atoms with Gasteiger partial charge in [-0.3, -0.25) is 4.79 Å². The van der Waals surface area contributed by atoms with Gasteiger partial charge in [-0.1, -0.05) is 51.2 Å². The molecule has 3 nitrogen and oxygen atoms in total. The third kappa shape index (κ3) is 15.1. The van der Waals surface area contributed by atoms with Crippen LogP contribution in [0.4, 0.5) is 0 Å². The molecule has 0 rings (SSSR count). The molecular weight excluding hydrogens is 240 g/mol. The molecule has 19 heavy (non-hydrogen) atoms. The van der Waals surface area contributed by atoms with E-state index in [4.69, 9.17) is 9.84 Å². The van der Waals surface area contributed by atoms with E-state index in [-0.39, 0.29) is 19.2 Å². The monoisotopic (exact) mass is 270 g/mol. The van der Waals surface area contributed by atoms with Gasteiger partial charge in [0.05, 0.1) is 6.61 Å². The Balaban J connectivity index is 3.14. The van der Waals surface area contributed by atoms with E-state index in [9.17, 15) is 4.79 Å². The lowest BCUT2D eigenvalue weighted by Crippen LogP contribution is -2.07. The van der Waals surface area contributed by atoms with Crippen molar-refractivity contribution in [1.82, 2.24) is 0 Å². The van der Waals surface area contributed by atoms with Gasteiger partial charge in [-0.2, -0.15) is 0 Å². The van der Waals surface area contributed by atoms with E-state index >= 15 is 0 Å². The third-order valence-electron chi connectivity index (χ3n) is 3.00. The van der Waals surface area contributed by atoms with Gasteiger partial charge < -0.3 is 9.84 Å². The average Bonchev–Trinajstić information content (AvgIpc) is 2.42. The van der Waals surface area contributed by atoms with Crippen LogP contribution < -0.4 is 0 Å². The minimum Gasteiger partial charge on any atom is -0.463 e. The molecule has 0 aliphatic rings. The van der Waals surface area contributed by atoms with Crippen molar-refractivity contribution in [3.05, 3.63) is 12.2 Å². The second-order valence-corrected chi connectivity index (χ2v) is 4.86. The van der Waals surface area contributed by atoms with Crippen molar-refractivity contribution in [2.45, 2.75) is 71.1 Å². The zero-order valence-corrected chi connectivity index (χ0v) is 12.4. The summed E-state index contributed by atoms with van der Waals surface area (Å²) >= 11 is 0. The molecule has 0 fully saturated rings. The van der Waals surface area contributed by atoms with Gasteiger partial charge in [0.1, 0.15) is 6.61 Å². The number of aliphatic hydroxyl groups is 1. The summed E-state index contributed by atoms with van der Waals surface area (Å²) in [5.41, 5.74) is 0. The first-order valence-corrected chi connectivity index (χ1v) is 7.72. The molecule has 0 bridgehead atoms. The van der Waals surface area contributed by atoms with Gasteiger partial charge in [0.2, 0.25) is 0 Å². The quantitative estimate of drug-likeness (QED) is 0.312. The lowest BCUT2D eigenvalue weighted by atomic mass is 10.1. The summed E-state index contributed by atoms with van der Waals surface area (Å²) in [4.78, 5) is 11.1. The van der Waals surface area contributed by atoms with Gasteiger partial charge in [0.15, 0.2) is 0 Å². The van der Waals surface area contributed by atoms with E-state index < -0.39 is 0 Å². The van der Waals surface area contributed by atoms with Crippen molar-refractivity contribution in [2.24, 2.45) is 0 Å². The largest absolute Gasteiger partial charge is 0.463 e. The molecule has 0 saturated carbocycles. The third-order valence-corrected chi connectivity index (χ3v) is 3.00. The first-order chi connectivity index (χ1) is 9.31. The van der Waals surface area contributed by atoms with Gasteiger partial charge in [0.25, 0.3) is 0 Å². The van der Waals surface area contributed by atoms with Gasteiger partial charge >= 0.3 is 5.97 Å². The molecule has 0 aliphatic heterocycles. The normalized spacial score (nSPS) is 11.1. The Bertz CT molecular complexity index is 224. The summed E-state index contributed by atoms with van der Waals surface area (Å²) in [6, 6.07) is 0. The Labute approximate surface area is 118 Å². The van der Waals surface area contributed by atoms with Crippen LogP contribution in [0.25, 0.3) is 0 Å². The van der Waals surface area contributed by atoms with Crippen LogP contribution in [0.1, 0.15) is 71.1 Å². The van der Waals surface area contributed by atoms with Gasteiger partial charge in [-0.05, 0) is 25.7 Å². The maximum Gasteiger partial charge on any atom is 0.305 e. The molecule has 3 heteroatoms. The maximum atomic E-state index is 11.1. The van der Waals surface area contributed by atoms with Crippen LogP contribution in [-0.4, -0.2) is 24.3 Å². The topological polar surface area (TPSA) is 46.5 Å². The van der Waals surface area contributed by atoms with Crippen LogP contribution in [0, 0.1) is 0 Å². The van der Waals surface area contributed by atoms with Crippen LogP contribution in [0.15, 0.2) is 12.2 Å². The molecule has 0 unspecified atom stereocenters. The number of aliphatic hydroxyl groups excluding tert-OH is 1. The van der Waals surface area contributed by atoms with Crippen LogP contribution in [0.5, 0.6) is 0 Å². The van der Waals surface area contributed by atoms with Gasteiger partial charge in [-0.25, -0.2) is 0 Å². The van der Waals surface area contributed by atoms with Gasteiger partial charge in [-0.15, -0.1) is 0 Å². The standard InChI is InChI=1S/C16H30O3/c1-2-3-4-5-6-7-8-9-10-11-12-13-16(18)19-15-14-17/h5-6,17H,2-4,7-15H2,1H3/b6-5+. The Morgan fingerprint density at radius 3 is 2.32 bits per heavy atom. The van der Waals surface area contributed by atoms with Crippen molar-refractivity contribution in [1.29, 1.82) is 0 Å². The highest BCUT2D eigenvalue weighted by Gasteiger charge is 2.01. The number of rotatable bonds is 13. The highest BCUT2D eigenvalue weighted by Crippen LogP contribution is 2.08. The predicted molar refractivity (Wildman–Crippen MR) is 79.0 cm³/mol. The summed E-state index contributed by atoms with van der Waals surface area (Å²) in [5.74, 6) is -0.187. The lowest BCUT2D eigenvalue weighted by molar-refractivity contribution is -0.144. The number of carbonyl (C=O) groups is 1. The molecule has 0 aromatic carbocycles. The van der Waals surface area contributed by atoms with Crippen LogP contribution in [0.2, 0.25) is 0 Å². The molecule has 0 spiro atoms. The summed E-state index contributed by atoms with van der Waals surface area (Å²) in [6.45, 7) is 2.26. The average molecular weight is 270 g/mol. The van der Waals surface area contributed by atoms with Crippen molar-refractivity contribution in [3.63, 3.8) is 0 Å².